The van der Waals surface area contributed by atoms with Crippen LogP contribution in [0.2, 0.25) is 0 Å². The van der Waals surface area contributed by atoms with E-state index in [0.717, 1.165) is 0 Å². The minimum atomic E-state index is -0.469. The number of nitro benzene ring substituents is 1. The standard InChI is InChI=1S/C22H20N4O5S/c1-24-21(28)19(13-15-5-7-18(8-6-15)26(29)30)32-22(24)23-17-4-2-3-16(14-17)20(27)25-9-11-31-12-10-25/h2-8,13-14H,9-12H2,1H3/b19-13+,23-22?. The fourth-order valence-corrected chi connectivity index (χ4v) is 4.25. The number of ether oxygens (including phenoxy) is 1. The van der Waals surface area contributed by atoms with E-state index in [2.05, 4.69) is 4.99 Å². The topological polar surface area (TPSA) is 105 Å². The van der Waals surface area contributed by atoms with Crippen molar-refractivity contribution in [2.24, 2.45) is 4.99 Å². The first-order chi connectivity index (χ1) is 15.4. The summed E-state index contributed by atoms with van der Waals surface area (Å²) in [6.45, 7) is 2.17. The molecule has 2 heterocycles. The van der Waals surface area contributed by atoms with Crippen LogP contribution in [0.1, 0.15) is 15.9 Å². The molecule has 0 spiro atoms. The Kier molecular flexibility index (Phi) is 6.33. The third-order valence-corrected chi connectivity index (χ3v) is 6.08. The summed E-state index contributed by atoms with van der Waals surface area (Å²) in [6, 6.07) is 13.0. The van der Waals surface area contributed by atoms with E-state index < -0.39 is 4.92 Å². The summed E-state index contributed by atoms with van der Waals surface area (Å²) < 4.78 is 5.30. The van der Waals surface area contributed by atoms with Gasteiger partial charge in [-0.25, -0.2) is 4.99 Å². The number of carbonyl (C=O) groups excluding carboxylic acids is 2. The number of nitrogens with zero attached hydrogens (tertiary/aromatic N) is 4. The van der Waals surface area contributed by atoms with Crippen LogP contribution in [-0.4, -0.2) is 65.1 Å². The lowest BCUT2D eigenvalue weighted by Gasteiger charge is -2.26. The van der Waals surface area contributed by atoms with Crippen molar-refractivity contribution >= 4 is 46.2 Å². The zero-order chi connectivity index (χ0) is 22.7. The van der Waals surface area contributed by atoms with Crippen LogP contribution in [0.4, 0.5) is 11.4 Å². The first-order valence-electron chi connectivity index (χ1n) is 9.90. The second-order valence-corrected chi connectivity index (χ2v) is 8.18. The molecule has 2 fully saturated rings. The van der Waals surface area contributed by atoms with Gasteiger partial charge in [0.25, 0.3) is 17.5 Å². The maximum atomic E-state index is 12.7. The molecule has 0 aliphatic carbocycles. The number of hydrogen-bond donors (Lipinski definition) is 0. The van der Waals surface area contributed by atoms with E-state index in [4.69, 9.17) is 4.74 Å². The van der Waals surface area contributed by atoms with Gasteiger partial charge in [-0.3, -0.25) is 24.6 Å². The van der Waals surface area contributed by atoms with Crippen molar-refractivity contribution in [1.29, 1.82) is 0 Å². The van der Waals surface area contributed by atoms with Crippen LogP contribution in [0.25, 0.3) is 6.08 Å². The van der Waals surface area contributed by atoms with E-state index >= 15 is 0 Å². The molecule has 2 aliphatic rings. The van der Waals surface area contributed by atoms with Crippen LogP contribution in [0.5, 0.6) is 0 Å². The molecular formula is C22H20N4O5S. The maximum absolute atomic E-state index is 12.7. The number of hydrogen-bond acceptors (Lipinski definition) is 7. The quantitative estimate of drug-likeness (QED) is 0.400. The monoisotopic (exact) mass is 452 g/mol. The number of morpholine rings is 1. The molecule has 2 amide bonds. The molecular weight excluding hydrogens is 432 g/mol. The van der Waals surface area contributed by atoms with Crippen LogP contribution in [0.15, 0.2) is 58.4 Å². The van der Waals surface area contributed by atoms with Crippen molar-refractivity contribution in [2.45, 2.75) is 0 Å². The molecule has 32 heavy (non-hydrogen) atoms. The van der Waals surface area contributed by atoms with Crippen molar-refractivity contribution in [3.05, 3.63) is 74.7 Å². The van der Waals surface area contributed by atoms with Crippen LogP contribution >= 0.6 is 11.8 Å². The molecule has 0 bridgehead atoms. The highest BCUT2D eigenvalue weighted by Crippen LogP contribution is 2.33. The molecule has 9 nitrogen and oxygen atoms in total. The number of aliphatic imine (C=N–C) groups is 1. The van der Waals surface area contributed by atoms with Gasteiger partial charge in [0.1, 0.15) is 0 Å². The molecule has 0 unspecified atom stereocenters. The van der Waals surface area contributed by atoms with Gasteiger partial charge in [0.15, 0.2) is 5.17 Å². The van der Waals surface area contributed by atoms with Crippen molar-refractivity contribution < 1.29 is 19.2 Å². The SMILES string of the molecule is CN1C(=O)/C(=C\c2ccc([N+](=O)[O-])cc2)SC1=Nc1cccc(C(=O)N2CCOCC2)c1. The molecule has 4 rings (SSSR count). The van der Waals surface area contributed by atoms with E-state index in [1.165, 1.54) is 28.8 Å². The maximum Gasteiger partial charge on any atom is 0.269 e. The van der Waals surface area contributed by atoms with Crippen LogP contribution < -0.4 is 0 Å². The summed E-state index contributed by atoms with van der Waals surface area (Å²) in [5.41, 5.74) is 1.78. The lowest BCUT2D eigenvalue weighted by molar-refractivity contribution is -0.384. The number of amidine groups is 1. The molecule has 2 aliphatic heterocycles. The fraction of sp³-hybridized carbons (Fsp3) is 0.227. The third-order valence-electron chi connectivity index (χ3n) is 5.02. The summed E-state index contributed by atoms with van der Waals surface area (Å²) in [5.74, 6) is -0.287. The van der Waals surface area contributed by atoms with E-state index in [1.54, 1.807) is 54.4 Å². The Hall–Kier alpha value is -3.50. The van der Waals surface area contributed by atoms with Gasteiger partial charge in [0, 0.05) is 37.8 Å². The van der Waals surface area contributed by atoms with Crippen LogP contribution in [0.3, 0.4) is 0 Å². The first kappa shape index (κ1) is 21.7. The predicted molar refractivity (Wildman–Crippen MR) is 122 cm³/mol. The summed E-state index contributed by atoms with van der Waals surface area (Å²) >= 11 is 1.21. The van der Waals surface area contributed by atoms with Gasteiger partial charge in [-0.2, -0.15) is 0 Å². The summed E-state index contributed by atoms with van der Waals surface area (Å²) in [5, 5.41) is 11.3. The minimum Gasteiger partial charge on any atom is -0.378 e. The number of nitro groups is 1. The highest BCUT2D eigenvalue weighted by molar-refractivity contribution is 8.18. The van der Waals surface area contributed by atoms with Crippen LogP contribution in [-0.2, 0) is 9.53 Å². The Morgan fingerprint density at radius 2 is 1.91 bits per heavy atom. The van der Waals surface area contributed by atoms with Gasteiger partial charge in [0.05, 0.1) is 28.7 Å². The molecule has 0 aromatic heterocycles. The van der Waals surface area contributed by atoms with Crippen LogP contribution in [0, 0.1) is 10.1 Å². The van der Waals surface area contributed by atoms with E-state index in [-0.39, 0.29) is 17.5 Å². The van der Waals surface area contributed by atoms with Crippen molar-refractivity contribution in [3.63, 3.8) is 0 Å². The van der Waals surface area contributed by atoms with Gasteiger partial charge in [-0.05, 0) is 53.7 Å². The molecule has 164 valence electrons. The largest absolute Gasteiger partial charge is 0.378 e. The number of thioether (sulfide) groups is 1. The lowest BCUT2D eigenvalue weighted by Crippen LogP contribution is -2.40. The van der Waals surface area contributed by atoms with Crippen molar-refractivity contribution in [2.75, 3.05) is 33.4 Å². The minimum absolute atomic E-state index is 0.0107. The number of likely N-dealkylation sites (N-methyl/N-ethyl adjacent to an activating group) is 1. The Bertz CT molecular complexity index is 1120. The molecule has 2 aromatic rings. The highest BCUT2D eigenvalue weighted by Gasteiger charge is 2.30. The number of amides is 2. The molecule has 2 saturated heterocycles. The van der Waals surface area contributed by atoms with Crippen molar-refractivity contribution in [3.8, 4) is 0 Å². The smallest absolute Gasteiger partial charge is 0.269 e. The van der Waals surface area contributed by atoms with Gasteiger partial charge >= 0.3 is 0 Å². The average Bonchev–Trinajstić information content (AvgIpc) is 3.07. The summed E-state index contributed by atoms with van der Waals surface area (Å²) in [4.78, 5) is 43.9. The second-order valence-electron chi connectivity index (χ2n) is 7.17. The van der Waals surface area contributed by atoms with E-state index in [1.807, 2.05) is 0 Å². The number of carbonyl (C=O) groups is 2. The lowest BCUT2D eigenvalue weighted by atomic mass is 10.1. The Morgan fingerprint density at radius 1 is 1.19 bits per heavy atom. The fourth-order valence-electron chi connectivity index (χ4n) is 3.26. The van der Waals surface area contributed by atoms with E-state index in [0.29, 0.717) is 53.2 Å². The molecule has 0 atom stereocenters. The first-order valence-corrected chi connectivity index (χ1v) is 10.7. The highest BCUT2D eigenvalue weighted by atomic mass is 32.2. The third kappa shape index (κ3) is 4.71. The number of rotatable bonds is 4. The molecule has 0 saturated carbocycles. The zero-order valence-electron chi connectivity index (χ0n) is 17.3. The zero-order valence-corrected chi connectivity index (χ0v) is 18.1. The Labute approximate surface area is 188 Å². The molecule has 0 radical (unpaired) electrons. The van der Waals surface area contributed by atoms with Gasteiger partial charge < -0.3 is 9.64 Å². The van der Waals surface area contributed by atoms with Crippen molar-refractivity contribution in [1.82, 2.24) is 9.80 Å². The average molecular weight is 452 g/mol. The normalized spacial score (nSPS) is 19.1. The molecule has 10 heteroatoms. The second kappa shape index (κ2) is 9.33. The van der Waals surface area contributed by atoms with Gasteiger partial charge in [-0.15, -0.1) is 0 Å². The number of benzene rings is 2. The van der Waals surface area contributed by atoms with Gasteiger partial charge in [-0.1, -0.05) is 6.07 Å². The summed E-state index contributed by atoms with van der Waals surface area (Å²) in [6.07, 6.45) is 1.67. The van der Waals surface area contributed by atoms with Gasteiger partial charge in [0.2, 0.25) is 0 Å². The molecule has 0 N–H and O–H groups in total. The molecule has 2 aromatic carbocycles. The van der Waals surface area contributed by atoms with E-state index in [9.17, 15) is 19.7 Å². The summed E-state index contributed by atoms with van der Waals surface area (Å²) in [7, 11) is 1.63. The Balaban J connectivity index is 1.53. The predicted octanol–water partition coefficient (Wildman–Crippen LogP) is 3.30. The number of non-ortho nitro benzene ring substituents is 1. The Morgan fingerprint density at radius 3 is 2.59 bits per heavy atom.